The van der Waals surface area contributed by atoms with Gasteiger partial charge in [-0.15, -0.1) is 0 Å². The first-order valence-corrected chi connectivity index (χ1v) is 11.7. The topological polar surface area (TPSA) is 85.8 Å². The van der Waals surface area contributed by atoms with Crippen LogP contribution in [0.5, 0.6) is 17.2 Å². The lowest BCUT2D eigenvalue weighted by Gasteiger charge is -2.16. The van der Waals surface area contributed by atoms with Crippen molar-refractivity contribution in [3.05, 3.63) is 83.0 Å². The zero-order chi connectivity index (χ0) is 25.7. The zero-order valence-corrected chi connectivity index (χ0v) is 21.5. The van der Waals surface area contributed by atoms with Crippen LogP contribution in [0.3, 0.4) is 0 Å². The van der Waals surface area contributed by atoms with Gasteiger partial charge >= 0.3 is 0 Å². The van der Waals surface area contributed by atoms with Gasteiger partial charge in [-0.1, -0.05) is 41.9 Å². The molecule has 8 nitrogen and oxygen atoms in total. The van der Waals surface area contributed by atoms with Crippen molar-refractivity contribution in [3.63, 3.8) is 0 Å². The molecular formula is C26H25ClN4O4S. The van der Waals surface area contributed by atoms with E-state index in [-0.39, 0.29) is 11.0 Å². The Morgan fingerprint density at radius 1 is 0.944 bits per heavy atom. The van der Waals surface area contributed by atoms with Crippen molar-refractivity contribution >= 4 is 51.4 Å². The molecule has 4 rings (SSSR count). The molecule has 4 aromatic rings. The van der Waals surface area contributed by atoms with Crippen LogP contribution in [0.2, 0.25) is 5.02 Å². The largest absolute Gasteiger partial charge is 0.493 e. The number of ether oxygens (including phenoxy) is 3. The normalized spacial score (nSPS) is 10.6. The third-order valence-electron chi connectivity index (χ3n) is 5.51. The Kier molecular flexibility index (Phi) is 7.82. The number of methoxy groups -OCH3 is 3. The molecule has 0 aliphatic heterocycles. The minimum Gasteiger partial charge on any atom is -0.493 e. The summed E-state index contributed by atoms with van der Waals surface area (Å²) in [7, 11) is 4.59. The quantitative estimate of drug-likeness (QED) is 0.232. The van der Waals surface area contributed by atoms with E-state index < -0.39 is 0 Å². The maximum atomic E-state index is 13.1. The molecule has 0 saturated carbocycles. The van der Waals surface area contributed by atoms with Crippen LogP contribution >= 0.6 is 23.8 Å². The SMILES string of the molecule is COc1cc(NC(=S)NNC(=O)c2cn(Cc3ccc(Cl)cc3)c3ccccc23)cc(OC)c1OC. The number of thiocarbonyl (C=S) groups is 1. The van der Waals surface area contributed by atoms with Gasteiger partial charge < -0.3 is 24.1 Å². The van der Waals surface area contributed by atoms with Crippen LogP contribution in [-0.4, -0.2) is 36.9 Å². The number of nitrogens with one attached hydrogen (secondary N) is 3. The van der Waals surface area contributed by atoms with E-state index in [0.29, 0.717) is 40.1 Å². The average molecular weight is 525 g/mol. The molecule has 0 radical (unpaired) electrons. The molecule has 186 valence electrons. The number of hydrazine groups is 1. The number of anilines is 1. The summed E-state index contributed by atoms with van der Waals surface area (Å²) in [5.74, 6) is 1.09. The van der Waals surface area contributed by atoms with Gasteiger partial charge in [0.25, 0.3) is 5.91 Å². The molecule has 0 saturated heterocycles. The van der Waals surface area contributed by atoms with Crippen molar-refractivity contribution in [2.24, 2.45) is 0 Å². The molecule has 1 amide bonds. The molecule has 36 heavy (non-hydrogen) atoms. The number of fused-ring (bicyclic) bond motifs is 1. The Hall–Kier alpha value is -3.95. The number of rotatable bonds is 7. The van der Waals surface area contributed by atoms with E-state index in [1.165, 1.54) is 21.3 Å². The molecule has 0 aliphatic rings. The lowest BCUT2D eigenvalue weighted by Crippen LogP contribution is -2.43. The minimum atomic E-state index is -0.324. The third kappa shape index (κ3) is 5.48. The second-order valence-electron chi connectivity index (χ2n) is 7.76. The number of benzene rings is 3. The van der Waals surface area contributed by atoms with E-state index in [2.05, 4.69) is 16.2 Å². The molecule has 0 bridgehead atoms. The Morgan fingerprint density at radius 2 is 1.61 bits per heavy atom. The third-order valence-corrected chi connectivity index (χ3v) is 5.97. The van der Waals surface area contributed by atoms with Gasteiger partial charge in [0.1, 0.15) is 0 Å². The van der Waals surface area contributed by atoms with Crippen LogP contribution in [0.1, 0.15) is 15.9 Å². The summed E-state index contributed by atoms with van der Waals surface area (Å²) < 4.78 is 18.1. The Labute approximate surface area is 219 Å². The Morgan fingerprint density at radius 3 is 2.25 bits per heavy atom. The Balaban J connectivity index is 1.47. The molecule has 0 atom stereocenters. The fourth-order valence-electron chi connectivity index (χ4n) is 3.84. The molecule has 1 aromatic heterocycles. The van der Waals surface area contributed by atoms with Crippen molar-refractivity contribution in [2.45, 2.75) is 6.54 Å². The predicted octanol–water partition coefficient (Wildman–Crippen LogP) is 5.00. The molecule has 3 aromatic carbocycles. The van der Waals surface area contributed by atoms with E-state index in [1.54, 1.807) is 12.1 Å². The first kappa shape index (κ1) is 25.2. The summed E-state index contributed by atoms with van der Waals surface area (Å²) in [6.07, 6.45) is 1.83. The van der Waals surface area contributed by atoms with E-state index in [0.717, 1.165) is 16.5 Å². The highest BCUT2D eigenvalue weighted by molar-refractivity contribution is 7.80. The first-order valence-electron chi connectivity index (χ1n) is 10.9. The van der Waals surface area contributed by atoms with Gasteiger partial charge in [-0.05, 0) is 36.0 Å². The molecule has 0 aliphatic carbocycles. The number of aromatic nitrogens is 1. The van der Waals surface area contributed by atoms with Gasteiger partial charge in [-0.3, -0.25) is 15.6 Å². The van der Waals surface area contributed by atoms with Crippen molar-refractivity contribution in [2.75, 3.05) is 26.6 Å². The second kappa shape index (κ2) is 11.2. The monoisotopic (exact) mass is 524 g/mol. The molecular weight excluding hydrogens is 500 g/mol. The van der Waals surface area contributed by atoms with Crippen molar-refractivity contribution in [3.8, 4) is 17.2 Å². The molecule has 10 heteroatoms. The van der Waals surface area contributed by atoms with Crippen molar-refractivity contribution in [1.29, 1.82) is 0 Å². The Bertz CT molecular complexity index is 1380. The van der Waals surface area contributed by atoms with Gasteiger partial charge in [0, 0.05) is 46.5 Å². The van der Waals surface area contributed by atoms with Crippen LogP contribution < -0.4 is 30.4 Å². The van der Waals surface area contributed by atoms with Crippen LogP contribution in [0.4, 0.5) is 5.69 Å². The number of para-hydroxylation sites is 1. The maximum absolute atomic E-state index is 13.1. The van der Waals surface area contributed by atoms with E-state index in [9.17, 15) is 4.79 Å². The van der Waals surface area contributed by atoms with Crippen LogP contribution in [0, 0.1) is 0 Å². The summed E-state index contributed by atoms with van der Waals surface area (Å²) in [4.78, 5) is 13.1. The number of hydrogen-bond donors (Lipinski definition) is 3. The van der Waals surface area contributed by atoms with Gasteiger partial charge in [0.2, 0.25) is 5.75 Å². The number of carbonyl (C=O) groups excluding carboxylic acids is 1. The van der Waals surface area contributed by atoms with E-state index in [1.807, 2.05) is 59.3 Å². The zero-order valence-electron chi connectivity index (χ0n) is 19.9. The lowest BCUT2D eigenvalue weighted by molar-refractivity contribution is 0.0945. The summed E-state index contributed by atoms with van der Waals surface area (Å²) in [6, 6.07) is 18.8. The van der Waals surface area contributed by atoms with E-state index >= 15 is 0 Å². The fraction of sp³-hybridized carbons (Fsp3) is 0.154. The summed E-state index contributed by atoms with van der Waals surface area (Å²) in [5, 5.41) is 4.69. The van der Waals surface area contributed by atoms with Crippen LogP contribution in [0.15, 0.2) is 66.9 Å². The molecule has 0 unspecified atom stereocenters. The predicted molar refractivity (Wildman–Crippen MR) is 145 cm³/mol. The molecule has 0 fully saturated rings. The van der Waals surface area contributed by atoms with Gasteiger partial charge in [0.15, 0.2) is 16.6 Å². The van der Waals surface area contributed by atoms with Gasteiger partial charge in [-0.2, -0.15) is 0 Å². The number of hydrogen-bond acceptors (Lipinski definition) is 5. The minimum absolute atomic E-state index is 0.183. The fourth-order valence-corrected chi connectivity index (χ4v) is 4.14. The highest BCUT2D eigenvalue weighted by Gasteiger charge is 2.17. The lowest BCUT2D eigenvalue weighted by atomic mass is 10.2. The highest BCUT2D eigenvalue weighted by atomic mass is 35.5. The standard InChI is InChI=1S/C26H25ClN4O4S/c1-33-22-12-18(13-23(34-2)24(22)35-3)28-26(36)30-29-25(32)20-15-31(21-7-5-4-6-19(20)21)14-16-8-10-17(27)11-9-16/h4-13,15H,14H2,1-3H3,(H,29,32)(H2,28,30,36). The molecule has 3 N–H and O–H groups in total. The molecule has 1 heterocycles. The van der Waals surface area contributed by atoms with Crippen LogP contribution in [0.25, 0.3) is 10.9 Å². The smallest absolute Gasteiger partial charge is 0.271 e. The number of halogens is 1. The summed E-state index contributed by atoms with van der Waals surface area (Å²) in [5.41, 5.74) is 8.53. The number of carbonyl (C=O) groups is 1. The average Bonchev–Trinajstić information content (AvgIpc) is 3.26. The highest BCUT2D eigenvalue weighted by Crippen LogP contribution is 2.39. The van der Waals surface area contributed by atoms with E-state index in [4.69, 9.17) is 38.0 Å². The summed E-state index contributed by atoms with van der Waals surface area (Å²) >= 11 is 11.4. The summed E-state index contributed by atoms with van der Waals surface area (Å²) in [6.45, 7) is 0.597. The first-order chi connectivity index (χ1) is 17.4. The number of amides is 1. The maximum Gasteiger partial charge on any atom is 0.271 e. The van der Waals surface area contributed by atoms with Crippen LogP contribution in [-0.2, 0) is 6.54 Å². The van der Waals surface area contributed by atoms with Gasteiger partial charge in [-0.25, -0.2) is 0 Å². The molecule has 0 spiro atoms. The van der Waals surface area contributed by atoms with Gasteiger partial charge in [0.05, 0.1) is 26.9 Å². The second-order valence-corrected chi connectivity index (χ2v) is 8.61. The van der Waals surface area contributed by atoms with Crippen molar-refractivity contribution < 1.29 is 19.0 Å². The number of nitrogens with zero attached hydrogens (tertiary/aromatic N) is 1. The van der Waals surface area contributed by atoms with Crippen molar-refractivity contribution in [1.82, 2.24) is 15.4 Å².